The van der Waals surface area contributed by atoms with Crippen molar-refractivity contribution in [1.82, 2.24) is 0 Å². The summed E-state index contributed by atoms with van der Waals surface area (Å²) < 4.78 is 0. The van der Waals surface area contributed by atoms with Crippen LogP contribution in [0.25, 0.3) is 0 Å². The Labute approximate surface area is 86.4 Å². The van der Waals surface area contributed by atoms with Crippen molar-refractivity contribution in [1.29, 1.82) is 0 Å². The zero-order chi connectivity index (χ0) is 7.00. The molecule has 81 valence electrons. The average molecular weight is 351 g/mol. The Hall–Kier alpha value is 0.462. The summed E-state index contributed by atoms with van der Waals surface area (Å²) in [5, 5.41) is 19.9. The molecule has 0 saturated heterocycles. The Morgan fingerprint density at radius 2 is 1.00 bits per heavy atom. The zero-order valence-electron chi connectivity index (χ0n) is 7.46. The molecule has 0 saturated carbocycles. The van der Waals surface area contributed by atoms with Gasteiger partial charge in [-0.05, 0) is 13.8 Å². The minimum atomic E-state index is -1.26. The monoisotopic (exact) mass is 352 g/mol. The predicted octanol–water partition coefficient (Wildman–Crippen LogP) is -0.463. The normalized spacial score (nSPS) is 9.50. The van der Waals surface area contributed by atoms with Crippen LogP contribution < -0.4 is 5.11 Å². The molecule has 0 rings (SSSR count). The maximum Gasteiger partial charge on any atom is 0.0491 e. The van der Waals surface area contributed by atoms with Crippen LogP contribution in [-0.2, 0) is 36.9 Å². The second kappa shape index (κ2) is 8.08. The van der Waals surface area contributed by atoms with Gasteiger partial charge in [0.05, 0.1) is 0 Å². The Kier molecular flexibility index (Phi) is 19.8. The van der Waals surface area contributed by atoms with Crippen molar-refractivity contribution >= 4 is 0 Å². The van der Waals surface area contributed by atoms with Crippen LogP contribution in [0.1, 0.15) is 27.7 Å². The quantitative estimate of drug-likeness (QED) is 0.685. The van der Waals surface area contributed by atoms with Crippen molar-refractivity contribution in [2.45, 2.75) is 38.9 Å². The molecular formula is C6H13O5Re-7. The molecule has 0 unspecified atom stereocenters. The first-order valence-electron chi connectivity index (χ1n) is 2.68. The molecule has 0 aliphatic carbocycles. The first-order valence-corrected chi connectivity index (χ1v) is 2.68. The molecule has 0 spiro atoms. The van der Waals surface area contributed by atoms with E-state index < -0.39 is 11.2 Å². The molecule has 1 radical (unpaired) electrons. The molecular weight excluding hydrogens is 338 g/mol. The summed E-state index contributed by atoms with van der Waals surface area (Å²) in [6.07, 6.45) is 0. The number of aliphatic hydroxyl groups is 1. The van der Waals surface area contributed by atoms with Crippen molar-refractivity contribution < 1.29 is 47.1 Å². The van der Waals surface area contributed by atoms with E-state index in [-0.39, 0.29) is 36.9 Å². The Bertz CT molecular complexity index is 70.9. The fraction of sp³-hybridized carbons (Fsp3) is 1.00. The smallest absolute Gasteiger partial charge is 0.0491 e. The minimum Gasteiger partial charge on any atom is -2.00 e. The fourth-order valence-corrected chi connectivity index (χ4v) is 0. The summed E-state index contributed by atoms with van der Waals surface area (Å²) in [6, 6.07) is 0. The molecule has 0 fully saturated rings. The van der Waals surface area contributed by atoms with Gasteiger partial charge in [-0.2, -0.15) is 0 Å². The Morgan fingerprint density at radius 1 is 0.917 bits per heavy atom. The van der Waals surface area contributed by atoms with Gasteiger partial charge in [0, 0.05) is 26.0 Å². The van der Waals surface area contributed by atoms with Gasteiger partial charge in [-0.15, -0.1) is 0 Å². The van der Waals surface area contributed by atoms with E-state index in [1.807, 2.05) is 0 Å². The summed E-state index contributed by atoms with van der Waals surface area (Å²) in [6.45, 7) is 5.96. The maximum absolute atomic E-state index is 10.9. The fourth-order valence-electron chi connectivity index (χ4n) is 0. The molecule has 0 aromatic heterocycles. The van der Waals surface area contributed by atoms with Gasteiger partial charge >= 0.3 is 0 Å². The van der Waals surface area contributed by atoms with E-state index in [1.165, 1.54) is 27.7 Å². The number of hydrogen-bond donors (Lipinski definition) is 1. The standard InChI is InChI=1S/C6H13O2.3O.Re/c1-5(2,7)6(3,4)8;;;;/h7H,1-4H3;;;;/q-1;3*-2;. The van der Waals surface area contributed by atoms with Crippen LogP contribution in [0.4, 0.5) is 0 Å². The van der Waals surface area contributed by atoms with Gasteiger partial charge in [0.15, 0.2) is 0 Å². The van der Waals surface area contributed by atoms with Crippen LogP contribution in [0, 0.1) is 0 Å². The topological polar surface area (TPSA) is 129 Å². The van der Waals surface area contributed by atoms with Gasteiger partial charge in [0.1, 0.15) is 0 Å². The number of hydrogen-bond acceptors (Lipinski definition) is 2. The van der Waals surface area contributed by atoms with E-state index in [2.05, 4.69) is 0 Å². The van der Waals surface area contributed by atoms with Crippen LogP contribution in [-0.4, -0.2) is 16.3 Å². The van der Waals surface area contributed by atoms with Crippen LogP contribution in [0.5, 0.6) is 0 Å². The van der Waals surface area contributed by atoms with E-state index in [0.717, 1.165) is 0 Å². The second-order valence-corrected chi connectivity index (χ2v) is 3.07. The molecule has 6 heteroatoms. The van der Waals surface area contributed by atoms with Gasteiger partial charge in [-0.3, -0.25) is 0 Å². The summed E-state index contributed by atoms with van der Waals surface area (Å²) in [4.78, 5) is 0. The van der Waals surface area contributed by atoms with Gasteiger partial charge in [-0.1, -0.05) is 19.4 Å². The molecule has 5 nitrogen and oxygen atoms in total. The Morgan fingerprint density at radius 3 is 1.00 bits per heavy atom. The maximum atomic E-state index is 10.9. The van der Waals surface area contributed by atoms with Crippen LogP contribution in [0.15, 0.2) is 0 Å². The molecule has 0 atom stereocenters. The van der Waals surface area contributed by atoms with Gasteiger partial charge in [0.2, 0.25) is 0 Å². The molecule has 0 aromatic carbocycles. The average Bonchev–Trinajstić information content (AvgIpc) is 1.25. The molecule has 0 heterocycles. The van der Waals surface area contributed by atoms with E-state index in [0.29, 0.717) is 0 Å². The summed E-state index contributed by atoms with van der Waals surface area (Å²) >= 11 is 0. The SMILES string of the molecule is CC(C)([O-])C(C)(C)O.[O-2].[O-2].[O-2].[Re]. The summed E-state index contributed by atoms with van der Waals surface area (Å²) in [5.41, 5.74) is -2.37. The van der Waals surface area contributed by atoms with E-state index in [4.69, 9.17) is 5.11 Å². The molecule has 12 heavy (non-hydrogen) atoms. The van der Waals surface area contributed by atoms with Gasteiger partial charge in [0.25, 0.3) is 0 Å². The van der Waals surface area contributed by atoms with E-state index in [9.17, 15) is 5.11 Å². The molecule has 0 aliphatic heterocycles. The van der Waals surface area contributed by atoms with Crippen molar-refractivity contribution in [3.63, 3.8) is 0 Å². The summed E-state index contributed by atoms with van der Waals surface area (Å²) in [7, 11) is 0. The van der Waals surface area contributed by atoms with E-state index in [1.54, 1.807) is 0 Å². The largest absolute Gasteiger partial charge is 2.00 e. The summed E-state index contributed by atoms with van der Waals surface area (Å²) in [5.74, 6) is 0. The third kappa shape index (κ3) is 10.5. The first-order chi connectivity index (χ1) is 3.25. The molecule has 1 N–H and O–H groups in total. The van der Waals surface area contributed by atoms with Crippen molar-refractivity contribution in [2.75, 3.05) is 0 Å². The van der Waals surface area contributed by atoms with Crippen molar-refractivity contribution in [3.8, 4) is 0 Å². The van der Waals surface area contributed by atoms with Crippen molar-refractivity contribution in [2.24, 2.45) is 0 Å². The first kappa shape index (κ1) is 29.4. The predicted molar refractivity (Wildman–Crippen MR) is 32.4 cm³/mol. The zero-order valence-corrected chi connectivity index (χ0v) is 10.2. The molecule has 0 aromatic rings. The van der Waals surface area contributed by atoms with Crippen molar-refractivity contribution in [3.05, 3.63) is 0 Å². The third-order valence-corrected chi connectivity index (χ3v) is 1.47. The van der Waals surface area contributed by atoms with Crippen LogP contribution in [0.2, 0.25) is 0 Å². The molecule has 0 aliphatic rings. The van der Waals surface area contributed by atoms with Crippen LogP contribution in [0.3, 0.4) is 0 Å². The molecule has 0 bridgehead atoms. The van der Waals surface area contributed by atoms with Gasteiger partial charge in [-0.25, -0.2) is 0 Å². The minimum absolute atomic E-state index is 0. The second-order valence-electron chi connectivity index (χ2n) is 3.07. The Balaban J connectivity index is -0.0000000408. The van der Waals surface area contributed by atoms with Gasteiger partial charge < -0.3 is 26.6 Å². The van der Waals surface area contributed by atoms with Crippen LogP contribution >= 0.6 is 0 Å². The number of rotatable bonds is 1. The third-order valence-electron chi connectivity index (χ3n) is 1.47. The molecule has 0 amide bonds. The van der Waals surface area contributed by atoms with E-state index >= 15 is 0 Å².